The average Bonchev–Trinajstić information content (AvgIpc) is 3.13. The third-order valence-corrected chi connectivity index (χ3v) is 6.37. The van der Waals surface area contributed by atoms with E-state index in [1.165, 1.54) is 0 Å². The molecule has 2 aliphatic rings. The van der Waals surface area contributed by atoms with Crippen molar-refractivity contribution in [3.63, 3.8) is 0 Å². The zero-order valence-electron chi connectivity index (χ0n) is 23.3. The molecule has 0 fully saturated rings. The quantitative estimate of drug-likeness (QED) is 0.516. The van der Waals surface area contributed by atoms with Crippen LogP contribution in [0.2, 0.25) is 0 Å². The van der Waals surface area contributed by atoms with Gasteiger partial charge < -0.3 is 34.5 Å². The van der Waals surface area contributed by atoms with Gasteiger partial charge in [0.2, 0.25) is 0 Å². The highest BCUT2D eigenvalue weighted by atomic mass is 35.5. The molecule has 2 aliphatic heterocycles. The van der Waals surface area contributed by atoms with Crippen molar-refractivity contribution in [1.82, 2.24) is 15.5 Å². The molecule has 4 rings (SSSR count). The summed E-state index contributed by atoms with van der Waals surface area (Å²) in [4.78, 5) is 27.5. The van der Waals surface area contributed by atoms with Crippen molar-refractivity contribution in [1.29, 1.82) is 0 Å². The van der Waals surface area contributed by atoms with Crippen LogP contribution in [0.3, 0.4) is 0 Å². The molecule has 39 heavy (non-hydrogen) atoms. The second-order valence-electron chi connectivity index (χ2n) is 10.5. The lowest BCUT2D eigenvalue weighted by Gasteiger charge is -2.27. The van der Waals surface area contributed by atoms with Gasteiger partial charge in [-0.25, -0.2) is 4.79 Å². The first kappa shape index (κ1) is 30.4. The lowest BCUT2D eigenvalue weighted by atomic mass is 9.98. The van der Waals surface area contributed by atoms with Crippen LogP contribution in [0, 0.1) is 0 Å². The van der Waals surface area contributed by atoms with E-state index < -0.39 is 5.60 Å². The minimum absolute atomic E-state index is 0. The number of amides is 2. The van der Waals surface area contributed by atoms with Gasteiger partial charge in [0, 0.05) is 49.4 Å². The number of hydrogen-bond donors (Lipinski definition) is 2. The predicted octanol–water partition coefficient (Wildman–Crippen LogP) is 4.80. The minimum Gasteiger partial charge on any atom is -0.496 e. The van der Waals surface area contributed by atoms with Crippen LogP contribution in [0.5, 0.6) is 17.2 Å². The summed E-state index contributed by atoms with van der Waals surface area (Å²) in [5.74, 6) is 1.86. The predicted molar refractivity (Wildman–Crippen MR) is 152 cm³/mol. The number of carbonyl (C=O) groups excluding carboxylic acids is 2. The van der Waals surface area contributed by atoms with Crippen molar-refractivity contribution in [3.05, 3.63) is 41.5 Å². The molecular weight excluding hydrogens is 522 g/mol. The number of carbonyl (C=O) groups is 2. The Bertz CT molecular complexity index is 1150. The van der Waals surface area contributed by atoms with Crippen molar-refractivity contribution < 1.29 is 28.5 Å². The van der Waals surface area contributed by atoms with Crippen LogP contribution in [-0.2, 0) is 11.3 Å². The Hall–Kier alpha value is -3.17. The number of ether oxygens (including phenoxy) is 4. The first-order valence-electron chi connectivity index (χ1n) is 13.3. The summed E-state index contributed by atoms with van der Waals surface area (Å²) in [7, 11) is 1.62. The van der Waals surface area contributed by atoms with E-state index in [9.17, 15) is 9.59 Å². The number of benzene rings is 2. The normalized spacial score (nSPS) is 16.6. The Morgan fingerprint density at radius 3 is 2.54 bits per heavy atom. The molecule has 2 N–H and O–H groups in total. The van der Waals surface area contributed by atoms with E-state index in [4.69, 9.17) is 18.9 Å². The number of fused-ring (bicyclic) bond motifs is 7. The van der Waals surface area contributed by atoms with E-state index in [1.54, 1.807) is 18.1 Å². The Morgan fingerprint density at radius 2 is 1.77 bits per heavy atom. The van der Waals surface area contributed by atoms with Gasteiger partial charge in [-0.1, -0.05) is 0 Å². The van der Waals surface area contributed by atoms with Gasteiger partial charge in [0.25, 0.3) is 5.91 Å². The van der Waals surface area contributed by atoms with Gasteiger partial charge in [-0.3, -0.25) is 4.79 Å². The summed E-state index contributed by atoms with van der Waals surface area (Å²) >= 11 is 0. The van der Waals surface area contributed by atoms with Crippen molar-refractivity contribution in [2.24, 2.45) is 0 Å². The molecule has 214 valence electrons. The van der Waals surface area contributed by atoms with E-state index in [-0.39, 0.29) is 24.4 Å². The number of nitrogens with zero attached hydrogens (tertiary/aromatic N) is 1. The second-order valence-corrected chi connectivity index (χ2v) is 10.5. The van der Waals surface area contributed by atoms with Crippen LogP contribution in [0.15, 0.2) is 30.3 Å². The zero-order valence-corrected chi connectivity index (χ0v) is 24.1. The van der Waals surface area contributed by atoms with Crippen LogP contribution in [-0.4, -0.2) is 69.0 Å². The fraction of sp³-hybridized carbons (Fsp3) is 0.517. The molecule has 10 heteroatoms. The highest BCUT2D eigenvalue weighted by molar-refractivity contribution is 5.96. The topological polar surface area (TPSA) is 98.4 Å². The van der Waals surface area contributed by atoms with E-state index in [0.29, 0.717) is 68.6 Å². The van der Waals surface area contributed by atoms with Crippen LogP contribution in [0.1, 0.15) is 56.0 Å². The lowest BCUT2D eigenvalue weighted by Crippen LogP contribution is -2.38. The third-order valence-electron chi connectivity index (χ3n) is 6.37. The van der Waals surface area contributed by atoms with Crippen molar-refractivity contribution >= 4 is 24.4 Å². The SMILES string of the molecule is COc1ccc2cc1-c1cc3c(c(c1)OCCCN(C(=O)OC(C)(C)C)CCCCNC2=O)OCCNC3.Cl. The van der Waals surface area contributed by atoms with Gasteiger partial charge in [0.15, 0.2) is 11.5 Å². The number of hydrogen-bond acceptors (Lipinski definition) is 7. The van der Waals surface area contributed by atoms with Crippen LogP contribution in [0.25, 0.3) is 11.1 Å². The number of rotatable bonds is 1. The maximum Gasteiger partial charge on any atom is 0.410 e. The van der Waals surface area contributed by atoms with E-state index in [2.05, 4.69) is 16.7 Å². The number of halogens is 1. The van der Waals surface area contributed by atoms with Crippen molar-refractivity contribution in [2.45, 2.75) is 52.2 Å². The Balaban J connectivity index is 0.00000420. The number of methoxy groups -OCH3 is 1. The average molecular weight is 562 g/mol. The molecule has 0 saturated carbocycles. The molecule has 2 aromatic rings. The number of nitrogens with one attached hydrogen (secondary N) is 2. The highest BCUT2D eigenvalue weighted by Gasteiger charge is 2.23. The summed E-state index contributed by atoms with van der Waals surface area (Å²) < 4.78 is 23.6. The molecule has 0 unspecified atom stereocenters. The summed E-state index contributed by atoms with van der Waals surface area (Å²) in [6, 6.07) is 9.43. The highest BCUT2D eigenvalue weighted by Crippen LogP contribution is 2.40. The standard InChI is InChI=1S/C29H39N3O6.ClH/c1-29(2,3)38-28(34)32-12-6-5-10-31-27(33)20-8-9-24(35-4)23(17-20)21-16-22-19-30-11-15-37-26(22)25(18-21)36-14-7-13-32;/h8-9,16-18,30H,5-7,10-15,19H2,1-4H3,(H,31,33);1H. The molecule has 9 nitrogen and oxygen atoms in total. The summed E-state index contributed by atoms with van der Waals surface area (Å²) in [5.41, 5.74) is 2.62. The van der Waals surface area contributed by atoms with Gasteiger partial charge in [-0.05, 0) is 75.9 Å². The Kier molecular flexibility index (Phi) is 10.7. The van der Waals surface area contributed by atoms with E-state index >= 15 is 0 Å². The molecular formula is C29H40ClN3O6. The minimum atomic E-state index is -0.576. The first-order chi connectivity index (χ1) is 18.2. The summed E-state index contributed by atoms with van der Waals surface area (Å²) in [6.45, 7) is 9.44. The molecule has 0 aromatic heterocycles. The monoisotopic (exact) mass is 561 g/mol. The van der Waals surface area contributed by atoms with Gasteiger partial charge in [0.1, 0.15) is 18.0 Å². The molecule has 2 heterocycles. The molecule has 0 atom stereocenters. The molecule has 2 aromatic carbocycles. The fourth-order valence-corrected chi connectivity index (χ4v) is 4.53. The maximum absolute atomic E-state index is 13.0. The molecule has 0 aliphatic carbocycles. The van der Waals surface area contributed by atoms with Crippen LogP contribution in [0.4, 0.5) is 4.79 Å². The lowest BCUT2D eigenvalue weighted by molar-refractivity contribution is 0.0238. The molecule has 0 radical (unpaired) electrons. The molecule has 2 amide bonds. The van der Waals surface area contributed by atoms with Crippen LogP contribution >= 0.6 is 12.4 Å². The second kappa shape index (κ2) is 13.8. The summed E-state index contributed by atoms with van der Waals surface area (Å²) in [5, 5.41) is 6.38. The van der Waals surface area contributed by atoms with Gasteiger partial charge >= 0.3 is 6.09 Å². The van der Waals surface area contributed by atoms with Crippen molar-refractivity contribution in [3.8, 4) is 28.4 Å². The maximum atomic E-state index is 13.0. The smallest absolute Gasteiger partial charge is 0.410 e. The Morgan fingerprint density at radius 1 is 0.974 bits per heavy atom. The zero-order chi connectivity index (χ0) is 27.1. The summed E-state index contributed by atoms with van der Waals surface area (Å²) in [6.07, 6.45) is 1.77. The van der Waals surface area contributed by atoms with E-state index in [1.807, 2.05) is 39.0 Å². The molecule has 0 saturated heterocycles. The fourth-order valence-electron chi connectivity index (χ4n) is 4.53. The largest absolute Gasteiger partial charge is 0.496 e. The van der Waals surface area contributed by atoms with Gasteiger partial charge in [-0.15, -0.1) is 12.4 Å². The van der Waals surface area contributed by atoms with Gasteiger partial charge in [0.05, 0.1) is 13.7 Å². The third kappa shape index (κ3) is 8.16. The molecule has 0 spiro atoms. The van der Waals surface area contributed by atoms with Crippen LogP contribution < -0.4 is 24.8 Å². The van der Waals surface area contributed by atoms with Gasteiger partial charge in [-0.2, -0.15) is 0 Å². The first-order valence-corrected chi connectivity index (χ1v) is 13.3. The van der Waals surface area contributed by atoms with E-state index in [0.717, 1.165) is 36.1 Å². The molecule has 4 bridgehead atoms. The van der Waals surface area contributed by atoms with Crippen molar-refractivity contribution in [2.75, 3.05) is 46.5 Å². The Labute approximate surface area is 236 Å².